The number of carbonyl (C=O) groups is 2. The van der Waals surface area contributed by atoms with Gasteiger partial charge in [-0.3, -0.25) is 9.59 Å². The summed E-state index contributed by atoms with van der Waals surface area (Å²) in [5.41, 5.74) is 3.15. The van der Waals surface area contributed by atoms with Crippen LogP contribution in [0.5, 0.6) is 5.75 Å². The third-order valence-electron chi connectivity index (χ3n) is 5.81. The fraction of sp³-hybridized carbons (Fsp3) is 0.333. The first-order valence-electron chi connectivity index (χ1n) is 12.2. The van der Waals surface area contributed by atoms with Crippen LogP contribution in [0.25, 0.3) is 0 Å². The molecule has 0 bridgehead atoms. The summed E-state index contributed by atoms with van der Waals surface area (Å²) in [5, 5.41) is 3.03. The van der Waals surface area contributed by atoms with Crippen molar-refractivity contribution in [3.63, 3.8) is 0 Å². The molecule has 0 aromatic heterocycles. The number of hydrogen-bond acceptors (Lipinski definition) is 3. The lowest BCUT2D eigenvalue weighted by molar-refractivity contribution is -0.143. The van der Waals surface area contributed by atoms with Crippen molar-refractivity contribution in [1.82, 2.24) is 10.2 Å². The van der Waals surface area contributed by atoms with Crippen LogP contribution in [0.2, 0.25) is 0 Å². The maximum atomic E-state index is 13.7. The second-order valence-electron chi connectivity index (χ2n) is 10.3. The SMILES string of the molecule is Cc1cc(OCC(=O)N(Cc2ccc(F)cc2)[C@@H](Cc2ccccc2)C(=O)NC(C)(C)C)cc(C)c1Br. The summed E-state index contributed by atoms with van der Waals surface area (Å²) in [6.07, 6.45) is 0.326. The second-order valence-corrected chi connectivity index (χ2v) is 11.0. The predicted octanol–water partition coefficient (Wildman–Crippen LogP) is 6.14. The molecule has 0 aliphatic rings. The van der Waals surface area contributed by atoms with Crippen molar-refractivity contribution < 1.29 is 18.7 Å². The van der Waals surface area contributed by atoms with E-state index in [1.807, 2.05) is 77.1 Å². The van der Waals surface area contributed by atoms with E-state index in [9.17, 15) is 14.0 Å². The molecule has 37 heavy (non-hydrogen) atoms. The molecule has 0 fully saturated rings. The highest BCUT2D eigenvalue weighted by molar-refractivity contribution is 9.10. The molecule has 0 unspecified atom stereocenters. The lowest BCUT2D eigenvalue weighted by atomic mass is 10.0. The number of ether oxygens (including phenoxy) is 1. The highest BCUT2D eigenvalue weighted by atomic mass is 79.9. The summed E-state index contributed by atoms with van der Waals surface area (Å²) in [6, 6.07) is 18.5. The highest BCUT2D eigenvalue weighted by Crippen LogP contribution is 2.26. The molecule has 0 spiro atoms. The summed E-state index contributed by atoms with van der Waals surface area (Å²) < 4.78 is 20.5. The third-order valence-corrected chi connectivity index (χ3v) is 7.06. The largest absolute Gasteiger partial charge is 0.484 e. The Bertz CT molecular complexity index is 1200. The standard InChI is InChI=1S/C30H34BrFN2O3/c1-20-15-25(16-21(2)28(20)31)37-19-27(35)34(18-23-11-13-24(32)14-12-23)26(29(36)33-30(3,4)5)17-22-9-7-6-8-10-22/h6-16,26H,17-19H2,1-5H3,(H,33,36)/t26-/m0/s1. The molecule has 0 saturated heterocycles. The van der Waals surface area contributed by atoms with Crippen LogP contribution in [-0.4, -0.2) is 34.9 Å². The van der Waals surface area contributed by atoms with E-state index in [0.717, 1.165) is 21.2 Å². The number of benzene rings is 3. The van der Waals surface area contributed by atoms with Gasteiger partial charge in [0.2, 0.25) is 5.91 Å². The van der Waals surface area contributed by atoms with Gasteiger partial charge in [0.05, 0.1) is 0 Å². The van der Waals surface area contributed by atoms with Gasteiger partial charge in [0, 0.05) is 23.0 Å². The molecule has 1 atom stereocenters. The van der Waals surface area contributed by atoms with Gasteiger partial charge in [0.15, 0.2) is 6.61 Å². The Labute approximate surface area is 227 Å². The normalized spacial score (nSPS) is 12.1. The average molecular weight is 570 g/mol. The van der Waals surface area contributed by atoms with Crippen LogP contribution < -0.4 is 10.1 Å². The molecule has 1 N–H and O–H groups in total. The van der Waals surface area contributed by atoms with Gasteiger partial charge in [-0.15, -0.1) is 0 Å². The van der Waals surface area contributed by atoms with Crippen molar-refractivity contribution in [3.05, 3.63) is 99.3 Å². The zero-order valence-electron chi connectivity index (χ0n) is 22.0. The minimum absolute atomic E-state index is 0.135. The zero-order chi connectivity index (χ0) is 27.2. The van der Waals surface area contributed by atoms with Crippen LogP contribution in [0.15, 0.2) is 71.2 Å². The van der Waals surface area contributed by atoms with Crippen LogP contribution in [0, 0.1) is 19.7 Å². The predicted molar refractivity (Wildman–Crippen MR) is 148 cm³/mol. The number of rotatable bonds is 9. The van der Waals surface area contributed by atoms with Gasteiger partial charge in [-0.2, -0.15) is 0 Å². The Morgan fingerprint density at radius 2 is 1.57 bits per heavy atom. The molecule has 3 aromatic carbocycles. The highest BCUT2D eigenvalue weighted by Gasteiger charge is 2.32. The molecule has 0 radical (unpaired) electrons. The van der Waals surface area contributed by atoms with Crippen LogP contribution in [0.4, 0.5) is 4.39 Å². The maximum absolute atomic E-state index is 13.7. The fourth-order valence-electron chi connectivity index (χ4n) is 4.01. The van der Waals surface area contributed by atoms with Gasteiger partial charge in [-0.25, -0.2) is 4.39 Å². The van der Waals surface area contributed by atoms with Crippen molar-refractivity contribution in [2.75, 3.05) is 6.61 Å². The molecule has 196 valence electrons. The van der Waals surface area contributed by atoms with Crippen molar-refractivity contribution in [3.8, 4) is 5.75 Å². The number of carbonyl (C=O) groups excluding carboxylic acids is 2. The molecule has 0 aliphatic carbocycles. The summed E-state index contributed by atoms with van der Waals surface area (Å²) in [4.78, 5) is 28.7. The molecule has 0 aliphatic heterocycles. The number of nitrogens with one attached hydrogen (secondary N) is 1. The van der Waals surface area contributed by atoms with Crippen LogP contribution >= 0.6 is 15.9 Å². The molecular formula is C30H34BrFN2O3. The Kier molecular flexibility index (Phi) is 9.49. The van der Waals surface area contributed by atoms with Gasteiger partial charge < -0.3 is 15.0 Å². The number of amides is 2. The minimum atomic E-state index is -0.795. The molecular weight excluding hydrogens is 535 g/mol. The van der Waals surface area contributed by atoms with Crippen LogP contribution in [0.3, 0.4) is 0 Å². The average Bonchev–Trinajstić information content (AvgIpc) is 2.83. The van der Waals surface area contributed by atoms with Crippen LogP contribution in [0.1, 0.15) is 43.0 Å². The Hall–Kier alpha value is -3.19. The lowest BCUT2D eigenvalue weighted by Crippen LogP contribution is -2.55. The van der Waals surface area contributed by atoms with E-state index in [1.54, 1.807) is 12.1 Å². The second kappa shape index (κ2) is 12.4. The lowest BCUT2D eigenvalue weighted by Gasteiger charge is -2.33. The van der Waals surface area contributed by atoms with Crippen molar-refractivity contribution in [1.29, 1.82) is 0 Å². The minimum Gasteiger partial charge on any atom is -0.484 e. The Morgan fingerprint density at radius 3 is 2.14 bits per heavy atom. The van der Waals surface area contributed by atoms with E-state index in [-0.39, 0.29) is 30.8 Å². The molecule has 3 aromatic rings. The number of nitrogens with zero attached hydrogens (tertiary/aromatic N) is 1. The molecule has 2 amide bonds. The van der Waals surface area contributed by atoms with Gasteiger partial charge in [-0.05, 0) is 81.1 Å². The van der Waals surface area contributed by atoms with Gasteiger partial charge in [0.1, 0.15) is 17.6 Å². The first kappa shape index (κ1) is 28.4. The first-order valence-corrected chi connectivity index (χ1v) is 13.0. The van der Waals surface area contributed by atoms with E-state index < -0.39 is 11.6 Å². The maximum Gasteiger partial charge on any atom is 0.261 e. The summed E-state index contributed by atoms with van der Waals surface area (Å²) in [5.74, 6) is -0.390. The van der Waals surface area contributed by atoms with Crippen molar-refractivity contribution in [2.45, 2.75) is 59.2 Å². The quantitative estimate of drug-likeness (QED) is 0.337. The van der Waals surface area contributed by atoms with Gasteiger partial charge in [0.25, 0.3) is 5.91 Å². The first-order chi connectivity index (χ1) is 17.4. The fourth-order valence-corrected chi connectivity index (χ4v) is 4.24. The van der Waals surface area contributed by atoms with Crippen molar-refractivity contribution in [2.24, 2.45) is 0 Å². The molecule has 7 heteroatoms. The van der Waals surface area contributed by atoms with Crippen LogP contribution in [-0.2, 0) is 22.6 Å². The molecule has 3 rings (SSSR count). The summed E-state index contributed by atoms with van der Waals surface area (Å²) in [6.45, 7) is 9.51. The summed E-state index contributed by atoms with van der Waals surface area (Å²) >= 11 is 3.55. The van der Waals surface area contributed by atoms with E-state index in [2.05, 4.69) is 21.2 Å². The van der Waals surface area contributed by atoms with E-state index in [4.69, 9.17) is 4.74 Å². The number of halogens is 2. The molecule has 0 saturated carbocycles. The number of hydrogen-bond donors (Lipinski definition) is 1. The smallest absolute Gasteiger partial charge is 0.261 e. The molecule has 5 nitrogen and oxygen atoms in total. The van der Waals surface area contributed by atoms with Crippen molar-refractivity contribution >= 4 is 27.7 Å². The topological polar surface area (TPSA) is 58.6 Å². The van der Waals surface area contributed by atoms with E-state index >= 15 is 0 Å². The Morgan fingerprint density at radius 1 is 0.973 bits per heavy atom. The van der Waals surface area contributed by atoms with Gasteiger partial charge >= 0.3 is 0 Å². The molecule has 0 heterocycles. The third kappa shape index (κ3) is 8.42. The monoisotopic (exact) mass is 568 g/mol. The van der Waals surface area contributed by atoms with Gasteiger partial charge in [-0.1, -0.05) is 58.4 Å². The Balaban J connectivity index is 1.94. The van der Waals surface area contributed by atoms with E-state index in [1.165, 1.54) is 17.0 Å². The summed E-state index contributed by atoms with van der Waals surface area (Å²) in [7, 11) is 0. The van der Waals surface area contributed by atoms with E-state index in [0.29, 0.717) is 17.7 Å². The zero-order valence-corrected chi connectivity index (χ0v) is 23.6. The number of aryl methyl sites for hydroxylation is 2.